The fourth-order valence-electron chi connectivity index (χ4n) is 4.50. The topological polar surface area (TPSA) is 88.1 Å². The Hall–Kier alpha value is -4.43. The lowest BCUT2D eigenvalue weighted by Gasteiger charge is -2.24. The summed E-state index contributed by atoms with van der Waals surface area (Å²) in [4.78, 5) is 27.8. The maximum Gasteiger partial charge on any atom is 0.321 e. The Labute approximate surface area is 257 Å². The highest BCUT2D eigenvalue weighted by Crippen LogP contribution is 2.33. The van der Waals surface area contributed by atoms with E-state index in [1.165, 1.54) is 17.3 Å². The zero-order valence-electron chi connectivity index (χ0n) is 25.0. The molecule has 4 aromatic rings. The normalized spacial score (nSPS) is 11.1. The van der Waals surface area contributed by atoms with Gasteiger partial charge in [0.05, 0.1) is 19.9 Å². The quantitative estimate of drug-likeness (QED) is 0.154. The van der Waals surface area contributed by atoms with Crippen LogP contribution in [0.5, 0.6) is 11.5 Å². The lowest BCUT2D eigenvalue weighted by molar-refractivity contribution is -0.138. The summed E-state index contributed by atoms with van der Waals surface area (Å²) in [7, 11) is 3.14. The van der Waals surface area contributed by atoms with Crippen LogP contribution in [0, 0.1) is 0 Å². The number of ether oxygens (including phenoxy) is 2. The molecule has 4 aromatic carbocycles. The van der Waals surface area contributed by atoms with E-state index in [0.717, 1.165) is 21.6 Å². The van der Waals surface area contributed by atoms with Crippen molar-refractivity contribution in [3.05, 3.63) is 108 Å². The Balaban J connectivity index is 1.46. The molecule has 0 radical (unpaired) electrons. The molecule has 0 spiro atoms. The van der Waals surface area contributed by atoms with E-state index in [0.29, 0.717) is 43.1 Å². The van der Waals surface area contributed by atoms with E-state index in [4.69, 9.17) is 9.47 Å². The first-order valence-corrected chi connectivity index (χ1v) is 14.9. The molecule has 0 saturated heterocycles. The van der Waals surface area contributed by atoms with Gasteiger partial charge in [-0.2, -0.15) is 0 Å². The molecule has 8 heteroatoms. The van der Waals surface area contributed by atoms with Gasteiger partial charge in [-0.1, -0.05) is 66.7 Å². The summed E-state index contributed by atoms with van der Waals surface area (Å²) in [6, 6.07) is 31.6. The standard InChI is InChI=1S/C35H38N2O5S/c1-35(2,33(38)39)43-30-17-12-26(13-18-30)21-23-37(34(40)36-31-19-16-29(41-3)24-32(31)42-4)22-20-25-10-14-28(15-11-25)27-8-6-5-7-9-27/h5-19,24H,20-23H2,1-4H3,(H,36,40)(H,38,39). The number of carbonyl (C=O) groups excluding carboxylic acids is 1. The molecule has 0 aliphatic heterocycles. The Kier molecular flexibility index (Phi) is 10.7. The number of carboxylic acids is 1. The molecule has 2 amide bonds. The van der Waals surface area contributed by atoms with Crippen molar-refractivity contribution in [2.24, 2.45) is 0 Å². The Bertz CT molecular complexity index is 1510. The van der Waals surface area contributed by atoms with Gasteiger partial charge in [-0.15, -0.1) is 11.8 Å². The molecule has 2 N–H and O–H groups in total. The van der Waals surface area contributed by atoms with Gasteiger partial charge in [0.25, 0.3) is 0 Å². The largest absolute Gasteiger partial charge is 0.497 e. The average Bonchev–Trinajstić information content (AvgIpc) is 3.02. The van der Waals surface area contributed by atoms with Gasteiger partial charge in [0.1, 0.15) is 16.2 Å². The number of aliphatic carboxylic acids is 1. The maximum absolute atomic E-state index is 13.6. The summed E-state index contributed by atoms with van der Waals surface area (Å²) in [5.74, 6) is 0.298. The first-order chi connectivity index (χ1) is 20.7. The third-order valence-corrected chi connectivity index (χ3v) is 8.34. The van der Waals surface area contributed by atoms with Crippen LogP contribution in [0.1, 0.15) is 25.0 Å². The van der Waals surface area contributed by atoms with E-state index in [9.17, 15) is 14.7 Å². The number of carboxylic acid groups (broad SMARTS) is 1. The lowest BCUT2D eigenvalue weighted by atomic mass is 10.0. The molecular formula is C35H38N2O5S. The first-order valence-electron chi connectivity index (χ1n) is 14.1. The summed E-state index contributed by atoms with van der Waals surface area (Å²) in [5.41, 5.74) is 5.08. The van der Waals surface area contributed by atoms with Crippen LogP contribution in [0.3, 0.4) is 0 Å². The number of methoxy groups -OCH3 is 2. The summed E-state index contributed by atoms with van der Waals surface area (Å²) < 4.78 is 9.85. The fourth-order valence-corrected chi connectivity index (χ4v) is 5.44. The third-order valence-electron chi connectivity index (χ3n) is 7.15. The van der Waals surface area contributed by atoms with Gasteiger partial charge < -0.3 is 24.8 Å². The molecule has 224 valence electrons. The van der Waals surface area contributed by atoms with Gasteiger partial charge in [0.2, 0.25) is 0 Å². The zero-order chi connectivity index (χ0) is 30.8. The smallest absolute Gasteiger partial charge is 0.321 e. The van der Waals surface area contributed by atoms with Crippen molar-refractivity contribution in [1.82, 2.24) is 4.90 Å². The number of amides is 2. The number of benzene rings is 4. The molecule has 0 fully saturated rings. The molecule has 43 heavy (non-hydrogen) atoms. The van der Waals surface area contributed by atoms with E-state index in [1.807, 2.05) is 47.4 Å². The van der Waals surface area contributed by atoms with Gasteiger partial charge >= 0.3 is 12.0 Å². The highest BCUT2D eigenvalue weighted by atomic mass is 32.2. The summed E-state index contributed by atoms with van der Waals surface area (Å²) in [6.45, 7) is 4.41. The highest BCUT2D eigenvalue weighted by molar-refractivity contribution is 8.01. The van der Waals surface area contributed by atoms with Crippen LogP contribution in [0.2, 0.25) is 0 Å². The number of carbonyl (C=O) groups is 2. The van der Waals surface area contributed by atoms with Crippen molar-refractivity contribution < 1.29 is 24.2 Å². The van der Waals surface area contributed by atoms with Crippen molar-refractivity contribution in [3.63, 3.8) is 0 Å². The van der Waals surface area contributed by atoms with Crippen molar-refractivity contribution in [3.8, 4) is 22.6 Å². The van der Waals surface area contributed by atoms with Gasteiger partial charge in [-0.3, -0.25) is 4.79 Å². The van der Waals surface area contributed by atoms with E-state index in [1.54, 1.807) is 46.3 Å². The van der Waals surface area contributed by atoms with Crippen molar-refractivity contribution >= 4 is 29.4 Å². The first kappa shape index (κ1) is 31.5. The van der Waals surface area contributed by atoms with Gasteiger partial charge in [-0.25, -0.2) is 4.79 Å². The number of nitrogens with one attached hydrogen (secondary N) is 1. The zero-order valence-corrected chi connectivity index (χ0v) is 25.8. The minimum atomic E-state index is -0.918. The van der Waals surface area contributed by atoms with Gasteiger partial charge in [0, 0.05) is 24.1 Å². The molecule has 0 atom stereocenters. The Morgan fingerprint density at radius 1 is 0.791 bits per heavy atom. The number of thioether (sulfide) groups is 1. The van der Waals surface area contributed by atoms with Crippen LogP contribution in [0.4, 0.5) is 10.5 Å². The molecule has 0 heterocycles. The second kappa shape index (κ2) is 14.6. The predicted octanol–water partition coefficient (Wildman–Crippen LogP) is 7.65. The lowest BCUT2D eigenvalue weighted by Crippen LogP contribution is -2.38. The SMILES string of the molecule is COc1ccc(NC(=O)N(CCc2ccc(SC(C)(C)C(=O)O)cc2)CCc2ccc(-c3ccccc3)cc2)c(OC)c1. The number of hydrogen-bond donors (Lipinski definition) is 2. The fraction of sp³-hybridized carbons (Fsp3) is 0.257. The number of urea groups is 1. The van der Waals surface area contributed by atoms with Crippen molar-refractivity contribution in [2.75, 3.05) is 32.6 Å². The van der Waals surface area contributed by atoms with Crippen molar-refractivity contribution in [1.29, 1.82) is 0 Å². The average molecular weight is 599 g/mol. The molecule has 0 aromatic heterocycles. The summed E-state index contributed by atoms with van der Waals surface area (Å²) in [6.07, 6.45) is 1.34. The van der Waals surface area contributed by atoms with Gasteiger partial charge in [0.15, 0.2) is 0 Å². The molecule has 0 aliphatic rings. The van der Waals surface area contributed by atoms with Crippen LogP contribution >= 0.6 is 11.8 Å². The van der Waals surface area contributed by atoms with Crippen molar-refractivity contribution in [2.45, 2.75) is 36.3 Å². The minimum Gasteiger partial charge on any atom is -0.497 e. The number of nitrogens with zero attached hydrogens (tertiary/aromatic N) is 1. The Morgan fingerprint density at radius 2 is 1.37 bits per heavy atom. The molecule has 4 rings (SSSR count). The van der Waals surface area contributed by atoms with E-state index in [-0.39, 0.29) is 6.03 Å². The molecular weight excluding hydrogens is 560 g/mol. The molecule has 7 nitrogen and oxygen atoms in total. The van der Waals surface area contributed by atoms with Crippen LogP contribution < -0.4 is 14.8 Å². The molecule has 0 aliphatic carbocycles. The Morgan fingerprint density at radius 3 is 1.93 bits per heavy atom. The van der Waals surface area contributed by atoms with Crippen LogP contribution in [0.25, 0.3) is 11.1 Å². The van der Waals surface area contributed by atoms with Crippen LogP contribution in [-0.4, -0.2) is 54.1 Å². The van der Waals surface area contributed by atoms with E-state index >= 15 is 0 Å². The third kappa shape index (κ3) is 8.78. The minimum absolute atomic E-state index is 0.222. The maximum atomic E-state index is 13.6. The highest BCUT2D eigenvalue weighted by Gasteiger charge is 2.28. The second-order valence-electron chi connectivity index (χ2n) is 10.6. The monoisotopic (exact) mass is 598 g/mol. The van der Waals surface area contributed by atoms with E-state index < -0.39 is 10.7 Å². The van der Waals surface area contributed by atoms with E-state index in [2.05, 4.69) is 41.7 Å². The predicted molar refractivity (Wildman–Crippen MR) is 173 cm³/mol. The summed E-state index contributed by atoms with van der Waals surface area (Å²) >= 11 is 1.31. The molecule has 0 unspecified atom stereocenters. The van der Waals surface area contributed by atoms with Gasteiger partial charge in [-0.05, 0) is 73.2 Å². The van der Waals surface area contributed by atoms with Crippen LogP contribution in [-0.2, 0) is 17.6 Å². The van der Waals surface area contributed by atoms with Crippen LogP contribution in [0.15, 0.2) is 102 Å². The second-order valence-corrected chi connectivity index (χ2v) is 12.3. The summed E-state index contributed by atoms with van der Waals surface area (Å²) in [5, 5.41) is 12.4. The molecule has 0 saturated carbocycles. The number of rotatable bonds is 13. The number of anilines is 1. The number of hydrogen-bond acceptors (Lipinski definition) is 5. The molecule has 0 bridgehead atoms.